The summed E-state index contributed by atoms with van der Waals surface area (Å²) in [4.78, 5) is 28.4. The molecule has 1 aliphatic rings. The summed E-state index contributed by atoms with van der Waals surface area (Å²) in [5.74, 6) is -0.159. The highest BCUT2D eigenvalue weighted by atomic mass is 16.4. The number of aromatic nitrogens is 1. The average Bonchev–Trinajstić information content (AvgIpc) is 2.69. The molecule has 1 aromatic heterocycles. The molecule has 0 aromatic carbocycles. The van der Waals surface area contributed by atoms with E-state index >= 15 is 0 Å². The predicted octanol–water partition coefficient (Wildman–Crippen LogP) is 1.51. The van der Waals surface area contributed by atoms with Crippen LogP contribution in [-0.4, -0.2) is 40.0 Å². The highest BCUT2D eigenvalue weighted by Crippen LogP contribution is 2.23. The lowest BCUT2D eigenvalue weighted by Crippen LogP contribution is -2.29. The molecule has 1 aliphatic heterocycles. The molecule has 0 saturated carbocycles. The minimum Gasteiger partial charge on any atom is -0.477 e. The van der Waals surface area contributed by atoms with Crippen LogP contribution >= 0.6 is 0 Å². The molecule has 2 heterocycles. The molecule has 1 aromatic rings. The first-order valence-corrected chi connectivity index (χ1v) is 5.97. The Morgan fingerprint density at radius 3 is 2.33 bits per heavy atom. The minimum atomic E-state index is -1.09. The van der Waals surface area contributed by atoms with E-state index in [1.165, 1.54) is 18.3 Å². The zero-order valence-electron chi connectivity index (χ0n) is 10.5. The summed E-state index contributed by atoms with van der Waals surface area (Å²) >= 11 is 0. The maximum atomic E-state index is 12.2. The number of likely N-dealkylation sites (tertiary alicyclic amines) is 1. The van der Waals surface area contributed by atoms with Gasteiger partial charge < -0.3 is 10.0 Å². The highest BCUT2D eigenvalue weighted by molar-refractivity contribution is 5.95. The molecule has 1 saturated heterocycles. The van der Waals surface area contributed by atoms with Crippen LogP contribution in [0.25, 0.3) is 0 Å². The number of rotatable bonds is 2. The number of nitrogens with zero attached hydrogens (tertiary/aromatic N) is 2. The third-order valence-electron chi connectivity index (χ3n) is 3.50. The van der Waals surface area contributed by atoms with Crippen molar-refractivity contribution < 1.29 is 14.7 Å². The van der Waals surface area contributed by atoms with Crippen molar-refractivity contribution in [3.63, 3.8) is 0 Å². The molecule has 2 rings (SSSR count). The van der Waals surface area contributed by atoms with Crippen molar-refractivity contribution in [3.05, 3.63) is 29.6 Å². The zero-order chi connectivity index (χ0) is 13.3. The molecular formula is C13H16N2O3. The quantitative estimate of drug-likeness (QED) is 0.861. The van der Waals surface area contributed by atoms with E-state index in [1.807, 2.05) is 0 Å². The Balaban J connectivity index is 2.12. The number of carboxylic acid groups (broad SMARTS) is 1. The average molecular weight is 248 g/mol. The molecule has 1 amide bonds. The van der Waals surface area contributed by atoms with E-state index in [2.05, 4.69) is 18.8 Å². The van der Waals surface area contributed by atoms with Crippen molar-refractivity contribution in [3.8, 4) is 0 Å². The molecule has 5 heteroatoms. The van der Waals surface area contributed by atoms with E-state index in [9.17, 15) is 9.59 Å². The van der Waals surface area contributed by atoms with Crippen LogP contribution in [0.4, 0.5) is 0 Å². The fraction of sp³-hybridized carbons (Fsp3) is 0.462. The van der Waals surface area contributed by atoms with Crippen LogP contribution < -0.4 is 0 Å². The van der Waals surface area contributed by atoms with Crippen LogP contribution in [0.5, 0.6) is 0 Å². The number of amides is 1. The van der Waals surface area contributed by atoms with Crippen LogP contribution in [0.1, 0.15) is 34.7 Å². The largest absolute Gasteiger partial charge is 0.477 e. The van der Waals surface area contributed by atoms with Gasteiger partial charge in [-0.25, -0.2) is 9.78 Å². The summed E-state index contributed by atoms with van der Waals surface area (Å²) in [5, 5.41) is 8.74. The first kappa shape index (κ1) is 12.5. The standard InChI is InChI=1S/C13H16N2O3/c1-8-6-15(7-9(8)2)12(16)10-3-4-11(13(17)18)14-5-10/h3-5,8-9H,6-7H2,1-2H3,(H,17,18). The van der Waals surface area contributed by atoms with Crippen molar-refractivity contribution in [1.82, 2.24) is 9.88 Å². The van der Waals surface area contributed by atoms with Crippen LogP contribution in [0.2, 0.25) is 0 Å². The second-order valence-electron chi connectivity index (χ2n) is 4.90. The fourth-order valence-corrected chi connectivity index (χ4v) is 2.12. The Bertz CT molecular complexity index is 460. The van der Waals surface area contributed by atoms with Crippen LogP contribution in [-0.2, 0) is 0 Å². The minimum absolute atomic E-state index is 0.0466. The Kier molecular flexibility index (Phi) is 3.32. The van der Waals surface area contributed by atoms with Crippen molar-refractivity contribution in [2.75, 3.05) is 13.1 Å². The lowest BCUT2D eigenvalue weighted by Gasteiger charge is -2.15. The Morgan fingerprint density at radius 2 is 1.89 bits per heavy atom. The summed E-state index contributed by atoms with van der Waals surface area (Å²) in [6, 6.07) is 2.88. The lowest BCUT2D eigenvalue weighted by atomic mass is 10.0. The van der Waals surface area contributed by atoms with Crippen molar-refractivity contribution in [2.24, 2.45) is 11.8 Å². The second-order valence-corrected chi connectivity index (χ2v) is 4.90. The monoisotopic (exact) mass is 248 g/mol. The number of hydrogen-bond donors (Lipinski definition) is 1. The molecule has 1 N–H and O–H groups in total. The molecule has 5 nitrogen and oxygen atoms in total. The first-order chi connectivity index (χ1) is 8.49. The van der Waals surface area contributed by atoms with Gasteiger partial charge in [0, 0.05) is 19.3 Å². The number of carboxylic acids is 1. The molecule has 0 radical (unpaired) electrons. The topological polar surface area (TPSA) is 70.5 Å². The molecule has 1 fully saturated rings. The summed E-state index contributed by atoms with van der Waals surface area (Å²) in [5.41, 5.74) is 0.399. The van der Waals surface area contributed by atoms with Gasteiger partial charge in [-0.2, -0.15) is 0 Å². The van der Waals surface area contributed by atoms with Crippen LogP contribution in [0.15, 0.2) is 18.3 Å². The van der Waals surface area contributed by atoms with E-state index in [4.69, 9.17) is 5.11 Å². The Hall–Kier alpha value is -1.91. The molecule has 18 heavy (non-hydrogen) atoms. The maximum Gasteiger partial charge on any atom is 0.354 e. The smallest absolute Gasteiger partial charge is 0.354 e. The first-order valence-electron chi connectivity index (χ1n) is 5.97. The predicted molar refractivity (Wildman–Crippen MR) is 65.4 cm³/mol. The van der Waals surface area contributed by atoms with Gasteiger partial charge >= 0.3 is 5.97 Å². The van der Waals surface area contributed by atoms with Crippen molar-refractivity contribution in [2.45, 2.75) is 13.8 Å². The van der Waals surface area contributed by atoms with Gasteiger partial charge in [0.1, 0.15) is 5.69 Å². The van der Waals surface area contributed by atoms with Gasteiger partial charge in [0.15, 0.2) is 0 Å². The number of pyridine rings is 1. The molecule has 0 aliphatic carbocycles. The van der Waals surface area contributed by atoms with Gasteiger partial charge in [0.2, 0.25) is 0 Å². The van der Waals surface area contributed by atoms with E-state index in [0.717, 1.165) is 13.1 Å². The van der Waals surface area contributed by atoms with Gasteiger partial charge in [-0.05, 0) is 24.0 Å². The van der Waals surface area contributed by atoms with Crippen molar-refractivity contribution >= 4 is 11.9 Å². The third-order valence-corrected chi connectivity index (χ3v) is 3.50. The number of aromatic carboxylic acids is 1. The number of hydrogen-bond acceptors (Lipinski definition) is 3. The van der Waals surface area contributed by atoms with Crippen LogP contribution in [0, 0.1) is 11.8 Å². The van der Waals surface area contributed by atoms with E-state index in [0.29, 0.717) is 17.4 Å². The molecule has 96 valence electrons. The van der Waals surface area contributed by atoms with Gasteiger partial charge in [-0.3, -0.25) is 4.79 Å². The van der Waals surface area contributed by atoms with Gasteiger partial charge in [0.05, 0.1) is 5.56 Å². The summed E-state index contributed by atoms with van der Waals surface area (Å²) in [7, 11) is 0. The van der Waals surface area contributed by atoms with Gasteiger partial charge in [-0.1, -0.05) is 13.8 Å². The van der Waals surface area contributed by atoms with Gasteiger partial charge in [0.25, 0.3) is 5.91 Å². The third kappa shape index (κ3) is 2.34. The molecule has 0 spiro atoms. The maximum absolute atomic E-state index is 12.2. The Morgan fingerprint density at radius 1 is 1.28 bits per heavy atom. The lowest BCUT2D eigenvalue weighted by molar-refractivity contribution is 0.0688. The number of carbonyl (C=O) groups excluding carboxylic acids is 1. The SMILES string of the molecule is CC1CN(C(=O)c2ccc(C(=O)O)nc2)CC1C. The van der Waals surface area contributed by atoms with E-state index in [1.54, 1.807) is 4.90 Å². The summed E-state index contributed by atoms with van der Waals surface area (Å²) < 4.78 is 0. The van der Waals surface area contributed by atoms with Crippen molar-refractivity contribution in [1.29, 1.82) is 0 Å². The molecule has 2 atom stereocenters. The van der Waals surface area contributed by atoms with Crippen LogP contribution in [0.3, 0.4) is 0 Å². The second kappa shape index (κ2) is 4.76. The summed E-state index contributed by atoms with van der Waals surface area (Å²) in [6.07, 6.45) is 1.33. The fourth-order valence-electron chi connectivity index (χ4n) is 2.12. The zero-order valence-corrected chi connectivity index (χ0v) is 10.5. The molecular weight excluding hydrogens is 232 g/mol. The normalized spacial score (nSPS) is 23.1. The Labute approximate surface area is 105 Å². The van der Waals surface area contributed by atoms with E-state index < -0.39 is 5.97 Å². The number of carbonyl (C=O) groups is 2. The highest BCUT2D eigenvalue weighted by Gasteiger charge is 2.29. The molecule has 0 bridgehead atoms. The van der Waals surface area contributed by atoms with Gasteiger partial charge in [-0.15, -0.1) is 0 Å². The molecule has 2 unspecified atom stereocenters. The summed E-state index contributed by atoms with van der Waals surface area (Å²) in [6.45, 7) is 5.76. The van der Waals surface area contributed by atoms with E-state index in [-0.39, 0.29) is 11.6 Å².